The summed E-state index contributed by atoms with van der Waals surface area (Å²) in [6.07, 6.45) is -0.806. The van der Waals surface area contributed by atoms with Crippen molar-refractivity contribution < 1.29 is 29.4 Å². The van der Waals surface area contributed by atoms with E-state index in [4.69, 9.17) is 10.8 Å². The van der Waals surface area contributed by atoms with Gasteiger partial charge in [0.15, 0.2) is 5.85 Å². The number of nitrogens with two attached hydrogens (primary N) is 1. The number of hydrogen-bond donors (Lipinski definition) is 4. The first-order chi connectivity index (χ1) is 9.65. The zero-order chi connectivity index (χ0) is 16.2. The van der Waals surface area contributed by atoms with Crippen molar-refractivity contribution in [3.8, 4) is 0 Å². The second-order valence-electron chi connectivity index (χ2n) is 4.44. The molecule has 0 saturated carbocycles. The Bertz CT molecular complexity index is 598. The highest BCUT2D eigenvalue weighted by atomic mass is 35.5. The number of nitro groups is 1. The fraction of sp³-hybridized carbons (Fsp3) is 0.364. The maximum absolute atomic E-state index is 12.0. The summed E-state index contributed by atoms with van der Waals surface area (Å²) in [4.78, 5) is 30.3. The SMILES string of the molecule is Cl.N[C@@H](CCP(=O)(O)C(O)c1cccc([N+](=O)[O-])c1)C(=O)O. The minimum absolute atomic E-state index is 0. The molecule has 0 aromatic heterocycles. The zero-order valence-corrected chi connectivity index (χ0v) is 12.9. The number of nitro benzene ring substituents is 1. The third-order valence-corrected chi connectivity index (χ3v) is 4.80. The summed E-state index contributed by atoms with van der Waals surface area (Å²) < 4.78 is 12.0. The van der Waals surface area contributed by atoms with Gasteiger partial charge in [0.25, 0.3) is 5.69 Å². The number of carboxylic acid groups (broad SMARTS) is 1. The van der Waals surface area contributed by atoms with E-state index in [-0.39, 0.29) is 30.1 Å². The summed E-state index contributed by atoms with van der Waals surface area (Å²) in [6.45, 7) is 0. The average molecular weight is 355 g/mol. The van der Waals surface area contributed by atoms with Crippen molar-refractivity contribution in [1.82, 2.24) is 0 Å². The van der Waals surface area contributed by atoms with E-state index in [0.717, 1.165) is 6.07 Å². The maximum atomic E-state index is 12.0. The molecular weight excluding hydrogens is 339 g/mol. The Balaban J connectivity index is 0.00000441. The minimum atomic E-state index is -4.16. The van der Waals surface area contributed by atoms with E-state index in [1.807, 2.05) is 0 Å². The van der Waals surface area contributed by atoms with Crippen LogP contribution in [0.1, 0.15) is 17.8 Å². The minimum Gasteiger partial charge on any atom is -0.480 e. The maximum Gasteiger partial charge on any atom is 0.320 e. The molecule has 0 aliphatic heterocycles. The molecule has 0 aliphatic rings. The van der Waals surface area contributed by atoms with Gasteiger partial charge in [-0.1, -0.05) is 12.1 Å². The Labute approximate surface area is 131 Å². The van der Waals surface area contributed by atoms with Crippen LogP contribution in [0.15, 0.2) is 24.3 Å². The number of aliphatic hydroxyl groups excluding tert-OH is 1. The van der Waals surface area contributed by atoms with Crippen LogP contribution in [-0.2, 0) is 9.36 Å². The Hall–Kier alpha value is -1.51. The van der Waals surface area contributed by atoms with Crippen LogP contribution >= 0.6 is 19.8 Å². The average Bonchev–Trinajstić information content (AvgIpc) is 2.43. The van der Waals surface area contributed by atoms with Gasteiger partial charge < -0.3 is 20.8 Å². The standard InChI is InChI=1S/C11H15N2O7P.ClH/c12-9(10(14)15)4-5-21(19,20)11(16)7-2-1-3-8(6-7)13(17)18;/h1-3,6,9,11,16H,4-5,12H2,(H,14,15)(H,19,20);1H/t9-,11?;/m0./s1. The number of hydrogen-bond acceptors (Lipinski definition) is 6. The molecule has 11 heteroatoms. The predicted molar refractivity (Wildman–Crippen MR) is 80.2 cm³/mol. The monoisotopic (exact) mass is 354 g/mol. The molecule has 0 heterocycles. The molecule has 9 nitrogen and oxygen atoms in total. The predicted octanol–water partition coefficient (Wildman–Crippen LogP) is 1.08. The van der Waals surface area contributed by atoms with E-state index >= 15 is 0 Å². The third kappa shape index (κ3) is 5.36. The molecule has 0 amide bonds. The topological polar surface area (TPSA) is 164 Å². The van der Waals surface area contributed by atoms with Gasteiger partial charge in [-0.2, -0.15) is 0 Å². The van der Waals surface area contributed by atoms with Gasteiger partial charge in [0.05, 0.1) is 4.92 Å². The first-order valence-electron chi connectivity index (χ1n) is 5.87. The summed E-state index contributed by atoms with van der Waals surface area (Å²) in [5.41, 5.74) is 4.81. The van der Waals surface area contributed by atoms with Gasteiger partial charge in [0.2, 0.25) is 7.37 Å². The molecule has 1 rings (SSSR count). The van der Waals surface area contributed by atoms with Crippen molar-refractivity contribution >= 4 is 31.4 Å². The van der Waals surface area contributed by atoms with Gasteiger partial charge in [-0.05, 0) is 12.0 Å². The van der Waals surface area contributed by atoms with E-state index in [0.29, 0.717) is 0 Å². The van der Waals surface area contributed by atoms with Crippen LogP contribution in [0.3, 0.4) is 0 Å². The second kappa shape index (κ2) is 8.21. The number of benzene rings is 1. The molecule has 0 fully saturated rings. The van der Waals surface area contributed by atoms with E-state index < -0.39 is 36.3 Å². The van der Waals surface area contributed by atoms with Crippen molar-refractivity contribution in [3.63, 3.8) is 0 Å². The highest BCUT2D eigenvalue weighted by molar-refractivity contribution is 7.58. The number of carboxylic acids is 1. The number of aliphatic hydroxyl groups is 1. The number of rotatable bonds is 7. The van der Waals surface area contributed by atoms with E-state index in [1.165, 1.54) is 18.2 Å². The highest BCUT2D eigenvalue weighted by Gasteiger charge is 2.32. The van der Waals surface area contributed by atoms with E-state index in [1.54, 1.807) is 0 Å². The van der Waals surface area contributed by atoms with Crippen LogP contribution in [0.25, 0.3) is 0 Å². The van der Waals surface area contributed by atoms with Gasteiger partial charge in [0.1, 0.15) is 6.04 Å². The molecule has 3 atom stereocenters. The number of aliphatic carboxylic acids is 1. The molecule has 1 aromatic carbocycles. The van der Waals surface area contributed by atoms with Gasteiger partial charge in [-0.25, -0.2) is 0 Å². The highest BCUT2D eigenvalue weighted by Crippen LogP contribution is 2.54. The normalized spacial score (nSPS) is 16.0. The first-order valence-corrected chi connectivity index (χ1v) is 7.79. The zero-order valence-electron chi connectivity index (χ0n) is 11.2. The van der Waals surface area contributed by atoms with Gasteiger partial charge in [-0.15, -0.1) is 12.4 Å². The number of non-ortho nitro benzene ring substituents is 1. The Morgan fingerprint density at radius 2 is 2.05 bits per heavy atom. The molecule has 124 valence electrons. The quantitative estimate of drug-likeness (QED) is 0.321. The lowest BCUT2D eigenvalue weighted by atomic mass is 10.2. The van der Waals surface area contributed by atoms with Gasteiger partial charge in [-0.3, -0.25) is 19.5 Å². The van der Waals surface area contributed by atoms with Crippen LogP contribution in [0.5, 0.6) is 0 Å². The molecule has 22 heavy (non-hydrogen) atoms. The Morgan fingerprint density at radius 1 is 1.45 bits per heavy atom. The fourth-order valence-corrected chi connectivity index (χ4v) is 3.12. The Morgan fingerprint density at radius 3 is 2.55 bits per heavy atom. The number of nitrogens with zero attached hydrogens (tertiary/aromatic N) is 1. The van der Waals surface area contributed by atoms with Crippen LogP contribution in [-0.4, -0.2) is 38.2 Å². The van der Waals surface area contributed by atoms with Crippen LogP contribution in [0.4, 0.5) is 5.69 Å². The third-order valence-electron chi connectivity index (χ3n) is 2.84. The number of carbonyl (C=O) groups is 1. The molecular formula is C11H16ClN2O7P. The molecule has 0 radical (unpaired) electrons. The largest absolute Gasteiger partial charge is 0.480 e. The molecule has 0 spiro atoms. The summed E-state index contributed by atoms with van der Waals surface area (Å²) in [6, 6.07) is 3.41. The lowest BCUT2D eigenvalue weighted by Crippen LogP contribution is -2.31. The Kier molecular flexibility index (Phi) is 7.65. The summed E-state index contributed by atoms with van der Waals surface area (Å²) in [7, 11) is -4.16. The molecule has 1 aromatic rings. The van der Waals surface area contributed by atoms with Crippen molar-refractivity contribution in [3.05, 3.63) is 39.9 Å². The molecule has 0 saturated heterocycles. The van der Waals surface area contributed by atoms with Crippen molar-refractivity contribution in [2.45, 2.75) is 18.3 Å². The van der Waals surface area contributed by atoms with Crippen LogP contribution in [0, 0.1) is 10.1 Å². The fourth-order valence-electron chi connectivity index (χ4n) is 1.60. The van der Waals surface area contributed by atoms with Gasteiger partial charge >= 0.3 is 5.97 Å². The van der Waals surface area contributed by atoms with Crippen molar-refractivity contribution in [2.24, 2.45) is 5.73 Å². The smallest absolute Gasteiger partial charge is 0.320 e. The van der Waals surface area contributed by atoms with Crippen LogP contribution in [0.2, 0.25) is 0 Å². The summed E-state index contributed by atoms with van der Waals surface area (Å²) in [5, 5.41) is 29.1. The van der Waals surface area contributed by atoms with Crippen molar-refractivity contribution in [1.29, 1.82) is 0 Å². The molecule has 2 unspecified atom stereocenters. The number of halogens is 1. The summed E-state index contributed by atoms with van der Waals surface area (Å²) >= 11 is 0. The first kappa shape index (κ1) is 20.5. The van der Waals surface area contributed by atoms with E-state index in [2.05, 4.69) is 0 Å². The molecule has 5 N–H and O–H groups in total. The molecule has 0 aliphatic carbocycles. The van der Waals surface area contributed by atoms with Gasteiger partial charge in [0, 0.05) is 18.3 Å². The lowest BCUT2D eigenvalue weighted by molar-refractivity contribution is -0.385. The molecule has 0 bridgehead atoms. The lowest BCUT2D eigenvalue weighted by Gasteiger charge is -2.19. The van der Waals surface area contributed by atoms with Crippen molar-refractivity contribution in [2.75, 3.05) is 6.16 Å². The summed E-state index contributed by atoms with van der Waals surface area (Å²) in [5.74, 6) is -3.15. The second-order valence-corrected chi connectivity index (χ2v) is 6.89. The van der Waals surface area contributed by atoms with Crippen LogP contribution < -0.4 is 5.73 Å². The van der Waals surface area contributed by atoms with E-state index in [9.17, 15) is 29.5 Å².